The van der Waals surface area contributed by atoms with Gasteiger partial charge in [-0.2, -0.15) is 0 Å². The summed E-state index contributed by atoms with van der Waals surface area (Å²) >= 11 is 0. The number of hydrogen-bond donors (Lipinski definition) is 2. The second-order valence-corrected chi connectivity index (χ2v) is 12.0. The largest absolute Gasteiger partial charge is 0.494 e. The summed E-state index contributed by atoms with van der Waals surface area (Å²) in [7, 11) is 2.73. The molecule has 1 saturated carbocycles. The van der Waals surface area contributed by atoms with Gasteiger partial charge < -0.3 is 29.7 Å². The molecule has 2 aromatic carbocycles. The molecule has 11 nitrogen and oxygen atoms in total. The van der Waals surface area contributed by atoms with Crippen molar-refractivity contribution in [2.45, 2.75) is 71.6 Å². The molecule has 4 unspecified atom stereocenters. The minimum atomic E-state index is -0.746. The van der Waals surface area contributed by atoms with Gasteiger partial charge >= 0.3 is 5.97 Å². The molecule has 0 bridgehead atoms. The van der Waals surface area contributed by atoms with Crippen molar-refractivity contribution in [3.05, 3.63) is 51.8 Å². The number of hydrogen-bond acceptors (Lipinski definition) is 9. The fourth-order valence-electron chi connectivity index (χ4n) is 6.42. The molecule has 1 amide bonds. The summed E-state index contributed by atoms with van der Waals surface area (Å²) in [6, 6.07) is 6.43. The topological polar surface area (TPSA) is 132 Å². The van der Waals surface area contributed by atoms with Crippen LogP contribution in [0.15, 0.2) is 30.3 Å². The standard InChI is InChI=1S/C32H43FN4O7/c1-19(2)22-10-8-20(3)15-28(22)44-18-30(38)35-25-12-9-21(16-29(25)42-4)34-17-23-24(33)11-13-26(37(40)41)31(23)36-14-6-7-27(36)32(39)43-5/h9,11-13,16,19-20,22,27-28,34H,6-8,10,14-15,17-18H2,1-5H3,(H,35,38). The Hall–Kier alpha value is -3.93. The second-order valence-electron chi connectivity index (χ2n) is 12.0. The van der Waals surface area contributed by atoms with Gasteiger partial charge in [-0.1, -0.05) is 27.2 Å². The summed E-state index contributed by atoms with van der Waals surface area (Å²) in [5.74, 6) is 0.379. The third-order valence-electron chi connectivity index (χ3n) is 8.75. The van der Waals surface area contributed by atoms with E-state index < -0.39 is 22.8 Å². The first-order valence-electron chi connectivity index (χ1n) is 15.2. The van der Waals surface area contributed by atoms with Crippen LogP contribution in [-0.2, 0) is 25.6 Å². The number of amides is 1. The van der Waals surface area contributed by atoms with Crippen molar-refractivity contribution >= 4 is 34.6 Å². The third kappa shape index (κ3) is 7.58. The molecular formula is C32H43FN4O7. The SMILES string of the molecule is COC(=O)C1CCCN1c1c([N+](=O)[O-])ccc(F)c1CNc1ccc(NC(=O)COC2CC(C)CCC2C(C)C)c(OC)c1. The Morgan fingerprint density at radius 3 is 2.61 bits per heavy atom. The molecule has 1 aliphatic heterocycles. The predicted molar refractivity (Wildman–Crippen MR) is 165 cm³/mol. The van der Waals surface area contributed by atoms with Gasteiger partial charge in [0.15, 0.2) is 0 Å². The quantitative estimate of drug-likeness (QED) is 0.170. The number of nitrogens with one attached hydrogen (secondary N) is 2. The van der Waals surface area contributed by atoms with Crippen LogP contribution in [0.3, 0.4) is 0 Å². The smallest absolute Gasteiger partial charge is 0.328 e. The number of benzene rings is 2. The zero-order valence-electron chi connectivity index (χ0n) is 26.1. The summed E-state index contributed by atoms with van der Waals surface area (Å²) in [5.41, 5.74) is 0.803. The fourth-order valence-corrected chi connectivity index (χ4v) is 6.42. The number of carbonyl (C=O) groups is 2. The van der Waals surface area contributed by atoms with Crippen molar-refractivity contribution in [2.75, 3.05) is 42.9 Å². The van der Waals surface area contributed by atoms with Crippen LogP contribution in [0.2, 0.25) is 0 Å². The number of anilines is 3. The Morgan fingerprint density at radius 1 is 1.16 bits per heavy atom. The van der Waals surface area contributed by atoms with Gasteiger partial charge in [-0.25, -0.2) is 9.18 Å². The minimum absolute atomic E-state index is 0.0422. The third-order valence-corrected chi connectivity index (χ3v) is 8.75. The zero-order chi connectivity index (χ0) is 32.0. The number of nitro benzene ring substituents is 1. The molecule has 240 valence electrons. The van der Waals surface area contributed by atoms with E-state index in [9.17, 15) is 19.7 Å². The van der Waals surface area contributed by atoms with E-state index in [1.54, 1.807) is 23.1 Å². The van der Waals surface area contributed by atoms with Crippen LogP contribution in [-0.4, -0.2) is 56.3 Å². The predicted octanol–water partition coefficient (Wildman–Crippen LogP) is 5.91. The fraction of sp³-hybridized carbons (Fsp3) is 0.562. The van der Waals surface area contributed by atoms with E-state index in [0.29, 0.717) is 54.3 Å². The first-order chi connectivity index (χ1) is 21.0. The molecule has 0 radical (unpaired) electrons. The molecule has 2 fully saturated rings. The molecule has 1 heterocycles. The van der Waals surface area contributed by atoms with Crippen LogP contribution in [0, 0.1) is 33.7 Å². The van der Waals surface area contributed by atoms with Crippen LogP contribution >= 0.6 is 0 Å². The van der Waals surface area contributed by atoms with Crippen molar-refractivity contribution in [3.63, 3.8) is 0 Å². The number of esters is 1. The first kappa shape index (κ1) is 33.0. The van der Waals surface area contributed by atoms with Crippen LogP contribution in [0.5, 0.6) is 5.75 Å². The van der Waals surface area contributed by atoms with Crippen molar-refractivity contribution in [2.24, 2.45) is 17.8 Å². The molecule has 4 atom stereocenters. The van der Waals surface area contributed by atoms with Gasteiger partial charge in [0.25, 0.3) is 5.69 Å². The lowest BCUT2D eigenvalue weighted by Crippen LogP contribution is -2.38. The number of methoxy groups -OCH3 is 2. The molecule has 1 aliphatic carbocycles. The number of nitro groups is 1. The van der Waals surface area contributed by atoms with Gasteiger partial charge in [0.1, 0.15) is 29.9 Å². The lowest BCUT2D eigenvalue weighted by atomic mass is 9.75. The van der Waals surface area contributed by atoms with E-state index in [2.05, 4.69) is 31.4 Å². The molecule has 44 heavy (non-hydrogen) atoms. The second kappa shape index (κ2) is 14.7. The molecule has 2 aromatic rings. The van der Waals surface area contributed by atoms with Gasteiger partial charge in [0.2, 0.25) is 5.91 Å². The Labute approximate surface area is 257 Å². The summed E-state index contributed by atoms with van der Waals surface area (Å²) in [6.07, 6.45) is 4.30. The van der Waals surface area contributed by atoms with Crippen LogP contribution < -0.4 is 20.3 Å². The maximum Gasteiger partial charge on any atom is 0.328 e. The Kier molecular flexibility index (Phi) is 11.0. The summed E-state index contributed by atoms with van der Waals surface area (Å²) in [4.78, 5) is 38.1. The van der Waals surface area contributed by atoms with Crippen LogP contribution in [0.25, 0.3) is 0 Å². The highest BCUT2D eigenvalue weighted by Crippen LogP contribution is 2.39. The van der Waals surface area contributed by atoms with E-state index in [4.69, 9.17) is 14.2 Å². The Balaban J connectivity index is 1.47. The van der Waals surface area contributed by atoms with Gasteiger partial charge in [-0.3, -0.25) is 14.9 Å². The molecule has 0 spiro atoms. The van der Waals surface area contributed by atoms with Crippen molar-refractivity contribution in [1.29, 1.82) is 0 Å². The minimum Gasteiger partial charge on any atom is -0.494 e. The molecule has 0 aromatic heterocycles. The number of halogens is 1. The normalized spacial score (nSPS) is 21.7. The van der Waals surface area contributed by atoms with Crippen molar-refractivity contribution in [1.82, 2.24) is 0 Å². The maximum absolute atomic E-state index is 15.2. The summed E-state index contributed by atoms with van der Waals surface area (Å²) in [6.45, 7) is 6.77. The number of carbonyl (C=O) groups excluding carboxylic acids is 2. The molecule has 2 aliphatic rings. The maximum atomic E-state index is 15.2. The molecule has 12 heteroatoms. The highest BCUT2D eigenvalue weighted by molar-refractivity contribution is 5.93. The van der Waals surface area contributed by atoms with Gasteiger partial charge in [0.05, 0.1) is 30.9 Å². The Morgan fingerprint density at radius 2 is 1.93 bits per heavy atom. The number of rotatable bonds is 12. The highest BCUT2D eigenvalue weighted by atomic mass is 19.1. The Bertz CT molecular complexity index is 1350. The zero-order valence-corrected chi connectivity index (χ0v) is 26.1. The average molecular weight is 615 g/mol. The molecule has 1 saturated heterocycles. The molecule has 2 N–H and O–H groups in total. The summed E-state index contributed by atoms with van der Waals surface area (Å²) < 4.78 is 31.7. The van der Waals surface area contributed by atoms with Crippen molar-refractivity contribution in [3.8, 4) is 5.75 Å². The van der Waals surface area contributed by atoms with Gasteiger partial charge in [-0.15, -0.1) is 0 Å². The molecule has 4 rings (SSSR count). The van der Waals surface area contributed by atoms with E-state index >= 15 is 4.39 Å². The number of nitrogens with zero attached hydrogens (tertiary/aromatic N) is 2. The lowest BCUT2D eigenvalue weighted by molar-refractivity contribution is -0.384. The van der Waals surface area contributed by atoms with Crippen LogP contribution in [0.1, 0.15) is 58.4 Å². The van der Waals surface area contributed by atoms with E-state index in [0.717, 1.165) is 25.0 Å². The van der Waals surface area contributed by atoms with Gasteiger partial charge in [0, 0.05) is 36.5 Å². The van der Waals surface area contributed by atoms with E-state index in [1.165, 1.54) is 20.6 Å². The molecular weight excluding hydrogens is 571 g/mol. The lowest BCUT2D eigenvalue weighted by Gasteiger charge is -2.37. The average Bonchev–Trinajstić information content (AvgIpc) is 3.48. The van der Waals surface area contributed by atoms with Crippen molar-refractivity contribution < 1.29 is 33.1 Å². The van der Waals surface area contributed by atoms with Crippen LogP contribution in [0.4, 0.5) is 27.1 Å². The number of ether oxygens (including phenoxy) is 3. The van der Waals surface area contributed by atoms with Gasteiger partial charge in [-0.05, 0) is 61.6 Å². The first-order valence-corrected chi connectivity index (χ1v) is 15.2. The monoisotopic (exact) mass is 614 g/mol. The van der Waals surface area contributed by atoms with E-state index in [-0.39, 0.29) is 42.1 Å². The van der Waals surface area contributed by atoms with E-state index in [1.807, 2.05) is 0 Å². The summed E-state index contributed by atoms with van der Waals surface area (Å²) in [5, 5.41) is 17.9. The highest BCUT2D eigenvalue weighted by Gasteiger charge is 2.37.